The third-order valence-electron chi connectivity index (χ3n) is 9.89. The van der Waals surface area contributed by atoms with Crippen LogP contribution in [0.4, 0.5) is 0 Å². The van der Waals surface area contributed by atoms with Crippen LogP contribution >= 0.6 is 0 Å². The number of fused-ring (bicyclic) bond motifs is 5. The van der Waals surface area contributed by atoms with Crippen molar-refractivity contribution in [2.75, 3.05) is 0 Å². The highest BCUT2D eigenvalue weighted by Gasteiger charge is 2.36. The summed E-state index contributed by atoms with van der Waals surface area (Å²) < 4.78 is 0. The van der Waals surface area contributed by atoms with Gasteiger partial charge in [-0.15, -0.1) is 0 Å². The van der Waals surface area contributed by atoms with E-state index in [1.54, 1.807) is 0 Å². The van der Waals surface area contributed by atoms with E-state index in [4.69, 9.17) is 15.0 Å². The zero-order valence-electron chi connectivity index (χ0n) is 27.4. The third-order valence-corrected chi connectivity index (χ3v) is 9.89. The fourth-order valence-electron chi connectivity index (χ4n) is 7.45. The predicted octanol–water partition coefficient (Wildman–Crippen LogP) is 11.7. The Bertz CT molecular complexity index is 2460. The minimum Gasteiger partial charge on any atom is -0.208 e. The van der Waals surface area contributed by atoms with Crippen molar-refractivity contribution in [2.45, 2.75) is 19.3 Å². The molecule has 3 nitrogen and oxygen atoms in total. The molecular weight excluding hydrogens is 595 g/mol. The molecule has 0 saturated heterocycles. The Labute approximate surface area is 286 Å². The van der Waals surface area contributed by atoms with Gasteiger partial charge in [0.15, 0.2) is 17.5 Å². The van der Waals surface area contributed by atoms with Crippen LogP contribution in [0.15, 0.2) is 164 Å². The molecule has 232 valence electrons. The highest BCUT2D eigenvalue weighted by atomic mass is 15.0. The molecule has 0 N–H and O–H groups in total. The second-order valence-corrected chi connectivity index (χ2v) is 13.3. The van der Waals surface area contributed by atoms with Crippen LogP contribution in [0.25, 0.3) is 78.3 Å². The molecular formula is C46H33N3. The largest absolute Gasteiger partial charge is 0.208 e. The quantitative estimate of drug-likeness (QED) is 0.191. The molecule has 0 saturated carbocycles. The molecule has 0 radical (unpaired) electrons. The van der Waals surface area contributed by atoms with Crippen molar-refractivity contribution in [2.24, 2.45) is 0 Å². The Kier molecular flexibility index (Phi) is 6.80. The van der Waals surface area contributed by atoms with Gasteiger partial charge in [-0.25, -0.2) is 15.0 Å². The van der Waals surface area contributed by atoms with Gasteiger partial charge in [0, 0.05) is 22.1 Å². The number of benzene rings is 7. The van der Waals surface area contributed by atoms with Crippen molar-refractivity contribution in [3.05, 3.63) is 175 Å². The van der Waals surface area contributed by atoms with Crippen LogP contribution in [0.5, 0.6) is 0 Å². The van der Waals surface area contributed by atoms with Gasteiger partial charge in [0.2, 0.25) is 0 Å². The molecule has 1 aliphatic rings. The van der Waals surface area contributed by atoms with Gasteiger partial charge in [-0.05, 0) is 73.5 Å². The van der Waals surface area contributed by atoms with Crippen molar-refractivity contribution in [3.63, 3.8) is 0 Å². The smallest absolute Gasteiger partial charge is 0.164 e. The molecule has 1 aromatic heterocycles. The topological polar surface area (TPSA) is 38.7 Å². The lowest BCUT2D eigenvalue weighted by Crippen LogP contribution is -2.15. The maximum atomic E-state index is 4.96. The SMILES string of the molecule is CC1(C)c2ccccc2-c2ccc3ccc(-c4cccc(-c5cccc(-c6nc(-c7ccccc7)nc(-c7ccccc7)n6)c5)c4)cc3c21. The standard InChI is InChI=1S/C46H33N3/c1-46(2)41-22-10-9-21-38(41)39-26-25-30-23-24-36(29-40(30)42(39)46)34-18-11-17-33(27-34)35-19-12-20-37(28-35)45-48-43(31-13-5-3-6-14-31)47-44(49-45)32-15-7-4-8-16-32/h3-29H,1-2H3. The summed E-state index contributed by atoms with van der Waals surface area (Å²) in [5.74, 6) is 1.97. The average Bonchev–Trinajstić information content (AvgIpc) is 3.41. The van der Waals surface area contributed by atoms with Crippen LogP contribution in [0.2, 0.25) is 0 Å². The van der Waals surface area contributed by atoms with E-state index in [0.29, 0.717) is 17.5 Å². The first-order chi connectivity index (χ1) is 24.0. The van der Waals surface area contributed by atoms with Crippen LogP contribution < -0.4 is 0 Å². The first-order valence-corrected chi connectivity index (χ1v) is 16.8. The van der Waals surface area contributed by atoms with E-state index < -0.39 is 0 Å². The lowest BCUT2D eigenvalue weighted by Gasteiger charge is -2.23. The molecule has 3 heteroatoms. The Morgan fingerprint density at radius 1 is 0.367 bits per heavy atom. The van der Waals surface area contributed by atoms with E-state index in [0.717, 1.165) is 27.8 Å². The second kappa shape index (κ2) is 11.5. The van der Waals surface area contributed by atoms with Gasteiger partial charge in [0.1, 0.15) is 0 Å². The molecule has 0 bridgehead atoms. The van der Waals surface area contributed by atoms with E-state index in [1.165, 1.54) is 44.2 Å². The molecule has 0 amide bonds. The van der Waals surface area contributed by atoms with E-state index in [-0.39, 0.29) is 5.41 Å². The highest BCUT2D eigenvalue weighted by Crippen LogP contribution is 2.51. The molecule has 1 aliphatic carbocycles. The van der Waals surface area contributed by atoms with Crippen molar-refractivity contribution in [3.8, 4) is 67.5 Å². The number of hydrogen-bond donors (Lipinski definition) is 0. The molecule has 0 spiro atoms. The first kappa shape index (κ1) is 29.0. The zero-order valence-corrected chi connectivity index (χ0v) is 27.4. The molecule has 7 aromatic carbocycles. The molecule has 0 atom stereocenters. The minimum absolute atomic E-state index is 0.0673. The average molecular weight is 628 g/mol. The Morgan fingerprint density at radius 3 is 1.47 bits per heavy atom. The minimum atomic E-state index is -0.0673. The maximum absolute atomic E-state index is 4.96. The molecule has 1 heterocycles. The van der Waals surface area contributed by atoms with Crippen molar-refractivity contribution in [1.82, 2.24) is 15.0 Å². The van der Waals surface area contributed by atoms with Gasteiger partial charge in [-0.1, -0.05) is 159 Å². The van der Waals surface area contributed by atoms with Crippen LogP contribution in [-0.4, -0.2) is 15.0 Å². The Hall–Kier alpha value is -6.19. The summed E-state index contributed by atoms with van der Waals surface area (Å²) >= 11 is 0. The van der Waals surface area contributed by atoms with E-state index in [2.05, 4.69) is 117 Å². The van der Waals surface area contributed by atoms with Crippen LogP contribution in [0.1, 0.15) is 25.0 Å². The van der Waals surface area contributed by atoms with E-state index in [1.807, 2.05) is 60.7 Å². The molecule has 0 aliphatic heterocycles. The fourth-order valence-corrected chi connectivity index (χ4v) is 7.45. The maximum Gasteiger partial charge on any atom is 0.164 e. The van der Waals surface area contributed by atoms with E-state index >= 15 is 0 Å². The van der Waals surface area contributed by atoms with Crippen LogP contribution in [0, 0.1) is 0 Å². The van der Waals surface area contributed by atoms with Gasteiger partial charge in [-0.3, -0.25) is 0 Å². The summed E-state index contributed by atoms with van der Waals surface area (Å²) in [7, 11) is 0. The highest BCUT2D eigenvalue weighted by molar-refractivity contribution is 5.99. The van der Waals surface area contributed by atoms with Crippen molar-refractivity contribution < 1.29 is 0 Å². The molecule has 0 fully saturated rings. The Balaban J connectivity index is 1.12. The van der Waals surface area contributed by atoms with Gasteiger partial charge in [0.25, 0.3) is 0 Å². The van der Waals surface area contributed by atoms with Crippen LogP contribution in [0.3, 0.4) is 0 Å². The Morgan fingerprint density at radius 2 is 0.837 bits per heavy atom. The number of nitrogens with zero attached hydrogens (tertiary/aromatic N) is 3. The number of hydrogen-bond acceptors (Lipinski definition) is 3. The normalized spacial score (nSPS) is 12.9. The lowest BCUT2D eigenvalue weighted by molar-refractivity contribution is 0.666. The predicted molar refractivity (Wildman–Crippen MR) is 202 cm³/mol. The van der Waals surface area contributed by atoms with Gasteiger partial charge >= 0.3 is 0 Å². The monoisotopic (exact) mass is 627 g/mol. The molecule has 9 rings (SSSR count). The number of rotatable bonds is 5. The van der Waals surface area contributed by atoms with Crippen molar-refractivity contribution in [1.29, 1.82) is 0 Å². The van der Waals surface area contributed by atoms with Gasteiger partial charge in [0.05, 0.1) is 0 Å². The summed E-state index contributed by atoms with van der Waals surface area (Å²) in [4.78, 5) is 14.8. The lowest BCUT2D eigenvalue weighted by atomic mass is 9.80. The fraction of sp³-hybridized carbons (Fsp3) is 0.0652. The molecule has 8 aromatic rings. The zero-order chi connectivity index (χ0) is 33.0. The summed E-state index contributed by atoms with van der Waals surface area (Å²) in [5, 5.41) is 2.59. The third kappa shape index (κ3) is 5.03. The second-order valence-electron chi connectivity index (χ2n) is 13.3. The summed E-state index contributed by atoms with van der Waals surface area (Å²) in [5.41, 5.74) is 13.0. The van der Waals surface area contributed by atoms with Gasteiger partial charge in [-0.2, -0.15) is 0 Å². The summed E-state index contributed by atoms with van der Waals surface area (Å²) in [6, 6.07) is 57.9. The molecule has 49 heavy (non-hydrogen) atoms. The van der Waals surface area contributed by atoms with Crippen molar-refractivity contribution >= 4 is 10.8 Å². The van der Waals surface area contributed by atoms with E-state index in [9.17, 15) is 0 Å². The number of aromatic nitrogens is 3. The van der Waals surface area contributed by atoms with Gasteiger partial charge < -0.3 is 0 Å². The summed E-state index contributed by atoms with van der Waals surface area (Å²) in [6.07, 6.45) is 0. The first-order valence-electron chi connectivity index (χ1n) is 16.8. The summed E-state index contributed by atoms with van der Waals surface area (Å²) in [6.45, 7) is 4.71. The van der Waals surface area contributed by atoms with Crippen LogP contribution in [-0.2, 0) is 5.41 Å². The molecule has 0 unspecified atom stereocenters.